The van der Waals surface area contributed by atoms with Crippen LogP contribution in [-0.2, 0) is 0 Å². The van der Waals surface area contributed by atoms with Gasteiger partial charge in [0.1, 0.15) is 11.6 Å². The van der Waals surface area contributed by atoms with E-state index < -0.39 is 4.92 Å². The van der Waals surface area contributed by atoms with Gasteiger partial charge in [0.25, 0.3) is 5.69 Å². The van der Waals surface area contributed by atoms with Crippen LogP contribution in [0.4, 0.5) is 22.1 Å². The van der Waals surface area contributed by atoms with Gasteiger partial charge in [-0.25, -0.2) is 9.78 Å². The highest BCUT2D eigenvalue weighted by atomic mass is 16.6. The van der Waals surface area contributed by atoms with Crippen LogP contribution in [0.5, 0.6) is 0 Å². The topological polar surface area (TPSA) is 112 Å². The van der Waals surface area contributed by atoms with Crippen molar-refractivity contribution in [1.29, 1.82) is 0 Å². The average molecular weight is 282 g/mol. The minimum Gasteiger partial charge on any atom is -0.373 e. The Labute approximate surface area is 116 Å². The highest BCUT2D eigenvalue weighted by Crippen LogP contribution is 2.19. The Bertz CT molecular complexity index is 491. The molecule has 0 aliphatic heterocycles. The number of pyridine rings is 1. The van der Waals surface area contributed by atoms with E-state index in [9.17, 15) is 14.9 Å². The molecule has 3 N–H and O–H groups in total. The number of urea groups is 1. The maximum atomic E-state index is 11.3. The molecule has 1 aromatic rings. The number of aromatic nitrogens is 1. The van der Waals surface area contributed by atoms with E-state index in [1.54, 1.807) is 21.1 Å². The van der Waals surface area contributed by atoms with Gasteiger partial charge in [0, 0.05) is 34.2 Å². The van der Waals surface area contributed by atoms with Gasteiger partial charge in [-0.3, -0.25) is 10.1 Å². The van der Waals surface area contributed by atoms with Crippen molar-refractivity contribution in [3.8, 4) is 0 Å². The lowest BCUT2D eigenvalue weighted by molar-refractivity contribution is -0.384. The summed E-state index contributed by atoms with van der Waals surface area (Å²) in [7, 11) is 4.92. The van der Waals surface area contributed by atoms with E-state index in [1.807, 2.05) is 0 Å². The molecular weight excluding hydrogens is 264 g/mol. The average Bonchev–Trinajstić information content (AvgIpc) is 2.42. The van der Waals surface area contributed by atoms with Crippen LogP contribution >= 0.6 is 0 Å². The summed E-state index contributed by atoms with van der Waals surface area (Å²) < 4.78 is 0. The van der Waals surface area contributed by atoms with Crippen LogP contribution in [0.25, 0.3) is 0 Å². The molecule has 0 radical (unpaired) electrons. The molecule has 2 amide bonds. The third-order valence-corrected chi connectivity index (χ3v) is 2.39. The first-order valence-electron chi connectivity index (χ1n) is 5.97. The summed E-state index contributed by atoms with van der Waals surface area (Å²) in [5, 5.41) is 19.1. The first-order chi connectivity index (χ1) is 9.43. The summed E-state index contributed by atoms with van der Waals surface area (Å²) in [4.78, 5) is 27.1. The first-order valence-corrected chi connectivity index (χ1v) is 5.97. The molecule has 0 aliphatic carbocycles. The molecule has 20 heavy (non-hydrogen) atoms. The quantitative estimate of drug-likeness (QED) is 0.402. The molecule has 0 aliphatic rings. The number of rotatable bonds is 6. The Morgan fingerprint density at radius 2 is 2.00 bits per heavy atom. The van der Waals surface area contributed by atoms with E-state index in [1.165, 1.54) is 17.0 Å². The fourth-order valence-corrected chi connectivity index (χ4v) is 1.36. The molecular formula is C11H18N6O3. The molecule has 0 fully saturated rings. The van der Waals surface area contributed by atoms with Crippen LogP contribution in [-0.4, -0.2) is 55.1 Å². The molecule has 1 rings (SSSR count). The third kappa shape index (κ3) is 4.59. The summed E-state index contributed by atoms with van der Waals surface area (Å²) in [6, 6.07) is 2.49. The van der Waals surface area contributed by atoms with E-state index in [0.29, 0.717) is 24.7 Å². The first kappa shape index (κ1) is 15.5. The lowest BCUT2D eigenvalue weighted by Gasteiger charge is -2.12. The number of anilines is 2. The smallest absolute Gasteiger partial charge is 0.316 e. The van der Waals surface area contributed by atoms with E-state index in [-0.39, 0.29) is 11.7 Å². The largest absolute Gasteiger partial charge is 0.373 e. The molecule has 1 aromatic heterocycles. The van der Waals surface area contributed by atoms with E-state index in [4.69, 9.17) is 0 Å². The molecule has 9 nitrogen and oxygen atoms in total. The number of hydrogen-bond donors (Lipinski definition) is 3. The van der Waals surface area contributed by atoms with Crippen LogP contribution in [0.3, 0.4) is 0 Å². The van der Waals surface area contributed by atoms with Gasteiger partial charge in [0.05, 0.1) is 17.1 Å². The summed E-state index contributed by atoms with van der Waals surface area (Å²) in [6.45, 7) is 0.799. The Kier molecular flexibility index (Phi) is 5.51. The van der Waals surface area contributed by atoms with Gasteiger partial charge in [-0.05, 0) is 0 Å². The number of carbonyl (C=O) groups is 1. The van der Waals surface area contributed by atoms with Crippen LogP contribution in [0.15, 0.2) is 12.1 Å². The van der Waals surface area contributed by atoms with E-state index >= 15 is 0 Å². The molecule has 1 heterocycles. The van der Waals surface area contributed by atoms with Gasteiger partial charge in [-0.2, -0.15) is 0 Å². The van der Waals surface area contributed by atoms with Crippen molar-refractivity contribution < 1.29 is 9.72 Å². The molecule has 0 bridgehead atoms. The summed E-state index contributed by atoms with van der Waals surface area (Å²) in [6.07, 6.45) is 0. The van der Waals surface area contributed by atoms with Gasteiger partial charge in [0.15, 0.2) is 0 Å². The maximum absolute atomic E-state index is 11.3. The van der Waals surface area contributed by atoms with Crippen LogP contribution in [0.2, 0.25) is 0 Å². The predicted molar refractivity (Wildman–Crippen MR) is 76.0 cm³/mol. The lowest BCUT2D eigenvalue weighted by atomic mass is 10.3. The normalized spacial score (nSPS) is 9.75. The second-order valence-corrected chi connectivity index (χ2v) is 4.16. The molecule has 0 saturated heterocycles. The summed E-state index contributed by atoms with van der Waals surface area (Å²) in [5.41, 5.74) is -0.0517. The Hall–Kier alpha value is -2.58. The molecule has 0 atom stereocenters. The minimum atomic E-state index is -0.485. The minimum absolute atomic E-state index is 0.0517. The number of nitrogens with one attached hydrogen (secondary N) is 3. The zero-order chi connectivity index (χ0) is 15.1. The van der Waals surface area contributed by atoms with Crippen molar-refractivity contribution in [1.82, 2.24) is 15.2 Å². The van der Waals surface area contributed by atoms with Crippen LogP contribution in [0.1, 0.15) is 0 Å². The van der Waals surface area contributed by atoms with Crippen molar-refractivity contribution in [3.05, 3.63) is 22.2 Å². The van der Waals surface area contributed by atoms with Crippen molar-refractivity contribution in [3.63, 3.8) is 0 Å². The molecule has 110 valence electrons. The highest BCUT2D eigenvalue weighted by molar-refractivity contribution is 5.73. The van der Waals surface area contributed by atoms with Crippen molar-refractivity contribution in [2.75, 3.05) is 44.9 Å². The third-order valence-electron chi connectivity index (χ3n) is 2.39. The monoisotopic (exact) mass is 282 g/mol. The van der Waals surface area contributed by atoms with E-state index in [0.717, 1.165) is 0 Å². The predicted octanol–water partition coefficient (Wildman–Crippen LogP) is 0.715. The van der Waals surface area contributed by atoms with Gasteiger partial charge >= 0.3 is 6.03 Å². The molecule has 0 aromatic carbocycles. The Morgan fingerprint density at radius 1 is 1.35 bits per heavy atom. The Balaban J connectivity index is 2.57. The second-order valence-electron chi connectivity index (χ2n) is 4.16. The molecule has 9 heteroatoms. The van der Waals surface area contributed by atoms with Gasteiger partial charge in [0.2, 0.25) is 0 Å². The Morgan fingerprint density at radius 3 is 2.55 bits per heavy atom. The molecule has 0 unspecified atom stereocenters. The van der Waals surface area contributed by atoms with Gasteiger partial charge < -0.3 is 20.9 Å². The standard InChI is InChI=1S/C11H18N6O3/c1-12-9-6-8(17(19)20)7-10(15-9)13-4-5-14-11(18)16(2)3/h6-7H,4-5H2,1-3H3,(H,14,18)(H2,12,13,15). The number of carbonyl (C=O) groups excluding carboxylic acids is 1. The van der Waals surface area contributed by atoms with Crippen molar-refractivity contribution >= 4 is 23.4 Å². The highest BCUT2D eigenvalue weighted by Gasteiger charge is 2.10. The zero-order valence-electron chi connectivity index (χ0n) is 11.6. The van der Waals surface area contributed by atoms with Gasteiger partial charge in [-0.1, -0.05) is 0 Å². The maximum Gasteiger partial charge on any atom is 0.316 e. The fraction of sp³-hybridized carbons (Fsp3) is 0.455. The van der Waals surface area contributed by atoms with Crippen LogP contribution < -0.4 is 16.0 Å². The zero-order valence-corrected chi connectivity index (χ0v) is 11.6. The molecule has 0 saturated carbocycles. The number of nitrogens with zero attached hydrogens (tertiary/aromatic N) is 3. The van der Waals surface area contributed by atoms with Crippen molar-refractivity contribution in [2.24, 2.45) is 0 Å². The second kappa shape index (κ2) is 7.12. The SMILES string of the molecule is CNc1cc([N+](=O)[O-])cc(NCCNC(=O)N(C)C)n1. The molecule has 0 spiro atoms. The van der Waals surface area contributed by atoms with E-state index in [2.05, 4.69) is 20.9 Å². The summed E-state index contributed by atoms with van der Waals surface area (Å²) in [5.74, 6) is 0.779. The fourth-order valence-electron chi connectivity index (χ4n) is 1.36. The summed E-state index contributed by atoms with van der Waals surface area (Å²) >= 11 is 0. The van der Waals surface area contributed by atoms with Crippen LogP contribution in [0, 0.1) is 10.1 Å². The van der Waals surface area contributed by atoms with Gasteiger partial charge in [-0.15, -0.1) is 0 Å². The number of nitro groups is 1. The number of amides is 2. The van der Waals surface area contributed by atoms with Crippen molar-refractivity contribution in [2.45, 2.75) is 0 Å². The number of hydrogen-bond acceptors (Lipinski definition) is 6. The lowest BCUT2D eigenvalue weighted by Crippen LogP contribution is -2.37.